The third-order valence-corrected chi connectivity index (χ3v) is 5.78. The predicted molar refractivity (Wildman–Crippen MR) is 116 cm³/mol. The first-order chi connectivity index (χ1) is 14.7. The topological polar surface area (TPSA) is 102 Å². The van der Waals surface area contributed by atoms with Crippen molar-refractivity contribution in [1.29, 1.82) is 0 Å². The van der Waals surface area contributed by atoms with Crippen LogP contribution in [0.5, 0.6) is 17.2 Å². The van der Waals surface area contributed by atoms with Crippen molar-refractivity contribution in [2.75, 3.05) is 0 Å². The second-order valence-corrected chi connectivity index (χ2v) is 9.04. The largest absolute Gasteiger partial charge is 0.478 e. The highest BCUT2D eigenvalue weighted by Gasteiger charge is 2.29. The van der Waals surface area contributed by atoms with Crippen LogP contribution in [0.25, 0.3) is 0 Å². The fraction of sp³-hybridized carbons (Fsp3) is 0.174. The Balaban J connectivity index is 1.65. The molecule has 3 rings (SSSR count). The molecule has 0 saturated heterocycles. The first-order valence-electron chi connectivity index (χ1n) is 9.50. The highest BCUT2D eigenvalue weighted by molar-refractivity contribution is 7.89. The van der Waals surface area contributed by atoms with Gasteiger partial charge in [-0.05, 0) is 67.9 Å². The van der Waals surface area contributed by atoms with Gasteiger partial charge in [-0.25, -0.2) is 17.9 Å². The molecule has 0 unspecified atom stereocenters. The van der Waals surface area contributed by atoms with Gasteiger partial charge in [0.15, 0.2) is 5.60 Å². The van der Waals surface area contributed by atoms with Crippen LogP contribution in [0.1, 0.15) is 19.4 Å². The molecule has 0 aromatic heterocycles. The Bertz CT molecular complexity index is 1140. The van der Waals surface area contributed by atoms with Crippen LogP contribution in [0.4, 0.5) is 0 Å². The maximum absolute atomic E-state index is 12.6. The molecule has 0 saturated carbocycles. The van der Waals surface area contributed by atoms with Gasteiger partial charge in [-0.2, -0.15) is 0 Å². The van der Waals surface area contributed by atoms with E-state index in [9.17, 15) is 18.3 Å². The van der Waals surface area contributed by atoms with Crippen molar-refractivity contribution < 1.29 is 27.8 Å². The highest BCUT2D eigenvalue weighted by atomic mass is 32.2. The molecule has 0 heterocycles. The van der Waals surface area contributed by atoms with Crippen LogP contribution in [-0.2, 0) is 21.4 Å². The van der Waals surface area contributed by atoms with Crippen molar-refractivity contribution in [2.24, 2.45) is 0 Å². The Morgan fingerprint density at radius 3 is 2.16 bits per heavy atom. The van der Waals surface area contributed by atoms with Crippen LogP contribution in [0.2, 0.25) is 0 Å². The van der Waals surface area contributed by atoms with Gasteiger partial charge in [0, 0.05) is 6.54 Å². The molecule has 0 aliphatic rings. The molecule has 7 nitrogen and oxygen atoms in total. The average Bonchev–Trinajstić information content (AvgIpc) is 2.73. The summed E-state index contributed by atoms with van der Waals surface area (Å²) >= 11 is 0. The van der Waals surface area contributed by atoms with Gasteiger partial charge in [-0.3, -0.25) is 0 Å². The zero-order valence-corrected chi connectivity index (χ0v) is 17.9. The van der Waals surface area contributed by atoms with E-state index in [0.717, 1.165) is 0 Å². The Hall–Kier alpha value is -3.36. The van der Waals surface area contributed by atoms with Gasteiger partial charge in [0.1, 0.15) is 17.2 Å². The first kappa shape index (κ1) is 22.3. The molecule has 3 aromatic rings. The lowest BCUT2D eigenvalue weighted by Gasteiger charge is -2.21. The number of aliphatic carboxylic acids is 1. The summed E-state index contributed by atoms with van der Waals surface area (Å²) in [4.78, 5) is 11.3. The highest BCUT2D eigenvalue weighted by Crippen LogP contribution is 2.23. The van der Waals surface area contributed by atoms with Gasteiger partial charge in [0.05, 0.1) is 4.90 Å². The maximum atomic E-state index is 12.6. The molecular formula is C23H23NO6S. The van der Waals surface area contributed by atoms with Gasteiger partial charge >= 0.3 is 5.97 Å². The first-order valence-corrected chi connectivity index (χ1v) is 11.0. The molecule has 3 aromatic carbocycles. The zero-order chi connectivity index (χ0) is 22.5. The van der Waals surface area contributed by atoms with E-state index in [1.54, 1.807) is 36.4 Å². The van der Waals surface area contributed by atoms with E-state index in [-0.39, 0.29) is 11.4 Å². The standard InChI is InChI=1S/C23H23NO6S/c1-23(2,22(25)26)30-20-10-6-7-17(15-20)16-24-31(27,28)21-13-11-19(12-14-21)29-18-8-4-3-5-9-18/h3-15,24H,16H2,1-2H3,(H,25,26). The van der Waals surface area contributed by atoms with Crippen molar-refractivity contribution in [1.82, 2.24) is 4.72 Å². The molecule has 0 bridgehead atoms. The van der Waals surface area contributed by atoms with Crippen LogP contribution < -0.4 is 14.2 Å². The summed E-state index contributed by atoms with van der Waals surface area (Å²) in [5, 5.41) is 9.18. The van der Waals surface area contributed by atoms with Crippen LogP contribution >= 0.6 is 0 Å². The summed E-state index contributed by atoms with van der Waals surface area (Å²) in [6.45, 7) is 2.90. The Kier molecular flexibility index (Phi) is 6.62. The number of ether oxygens (including phenoxy) is 2. The third-order valence-electron chi connectivity index (χ3n) is 4.37. The molecule has 2 N–H and O–H groups in total. The van der Waals surface area contributed by atoms with E-state index in [1.165, 1.54) is 26.0 Å². The van der Waals surface area contributed by atoms with Gasteiger partial charge in [0.25, 0.3) is 0 Å². The lowest BCUT2D eigenvalue weighted by molar-refractivity contribution is -0.152. The van der Waals surface area contributed by atoms with Gasteiger partial charge in [-0.1, -0.05) is 30.3 Å². The van der Waals surface area contributed by atoms with Crippen LogP contribution in [-0.4, -0.2) is 25.1 Å². The minimum Gasteiger partial charge on any atom is -0.478 e. The molecule has 31 heavy (non-hydrogen) atoms. The van der Waals surface area contributed by atoms with E-state index in [4.69, 9.17) is 9.47 Å². The van der Waals surface area contributed by atoms with E-state index in [2.05, 4.69) is 4.72 Å². The zero-order valence-electron chi connectivity index (χ0n) is 17.1. The predicted octanol–water partition coefficient (Wildman–Crippen LogP) is 4.20. The number of hydrogen-bond donors (Lipinski definition) is 2. The number of carboxylic acid groups (broad SMARTS) is 1. The Morgan fingerprint density at radius 1 is 0.903 bits per heavy atom. The maximum Gasteiger partial charge on any atom is 0.347 e. The minimum atomic E-state index is -3.75. The summed E-state index contributed by atoms with van der Waals surface area (Å²) in [7, 11) is -3.75. The summed E-state index contributed by atoms with van der Waals surface area (Å²) in [6, 6.07) is 21.9. The lowest BCUT2D eigenvalue weighted by Crippen LogP contribution is -2.37. The molecule has 0 aliphatic carbocycles. The number of rotatable bonds is 9. The third kappa shape index (κ3) is 6.07. The van der Waals surface area contributed by atoms with E-state index in [0.29, 0.717) is 22.8 Å². The van der Waals surface area contributed by atoms with E-state index >= 15 is 0 Å². The normalized spacial score (nSPS) is 11.7. The number of para-hydroxylation sites is 1. The molecule has 0 radical (unpaired) electrons. The van der Waals surface area contributed by atoms with Crippen LogP contribution in [0.3, 0.4) is 0 Å². The van der Waals surface area contributed by atoms with Crippen molar-refractivity contribution in [3.63, 3.8) is 0 Å². The quantitative estimate of drug-likeness (QED) is 0.516. The van der Waals surface area contributed by atoms with Crippen molar-refractivity contribution in [3.05, 3.63) is 84.4 Å². The number of nitrogens with one attached hydrogen (secondary N) is 1. The number of carbonyl (C=O) groups is 1. The van der Waals surface area contributed by atoms with E-state index < -0.39 is 21.6 Å². The van der Waals surface area contributed by atoms with Crippen molar-refractivity contribution in [3.8, 4) is 17.2 Å². The number of sulfonamides is 1. The van der Waals surface area contributed by atoms with Crippen molar-refractivity contribution in [2.45, 2.75) is 30.9 Å². The fourth-order valence-electron chi connectivity index (χ4n) is 2.63. The molecule has 0 fully saturated rings. The molecule has 0 aliphatic heterocycles. The lowest BCUT2D eigenvalue weighted by atomic mass is 10.1. The van der Waals surface area contributed by atoms with Crippen LogP contribution in [0.15, 0.2) is 83.8 Å². The second-order valence-electron chi connectivity index (χ2n) is 7.28. The van der Waals surface area contributed by atoms with Gasteiger partial charge in [-0.15, -0.1) is 0 Å². The fourth-order valence-corrected chi connectivity index (χ4v) is 3.65. The molecule has 162 valence electrons. The summed E-state index contributed by atoms with van der Waals surface area (Å²) in [6.07, 6.45) is 0. The SMILES string of the molecule is CC(C)(Oc1cccc(CNS(=O)(=O)c2ccc(Oc3ccccc3)cc2)c1)C(=O)O. The second kappa shape index (κ2) is 9.20. The minimum absolute atomic E-state index is 0.0231. The van der Waals surface area contributed by atoms with E-state index in [1.807, 2.05) is 30.3 Å². The molecule has 8 heteroatoms. The average molecular weight is 442 g/mol. The number of carboxylic acids is 1. The van der Waals surface area contributed by atoms with Gasteiger partial charge < -0.3 is 14.6 Å². The smallest absolute Gasteiger partial charge is 0.347 e. The Labute approximate surface area is 181 Å². The Morgan fingerprint density at radius 2 is 1.52 bits per heavy atom. The van der Waals surface area contributed by atoms with Crippen LogP contribution in [0, 0.1) is 0 Å². The number of hydrogen-bond acceptors (Lipinski definition) is 5. The molecule has 0 amide bonds. The summed E-state index contributed by atoms with van der Waals surface area (Å²) in [5.74, 6) is 0.422. The van der Waals surface area contributed by atoms with Gasteiger partial charge in [0.2, 0.25) is 10.0 Å². The monoisotopic (exact) mass is 441 g/mol. The van der Waals surface area contributed by atoms with Crippen molar-refractivity contribution >= 4 is 16.0 Å². The number of benzene rings is 3. The molecule has 0 spiro atoms. The summed E-state index contributed by atoms with van der Waals surface area (Å²) in [5.41, 5.74) is -0.770. The molecule has 0 atom stereocenters. The summed E-state index contributed by atoms with van der Waals surface area (Å²) < 4.78 is 38.9. The molecular weight excluding hydrogens is 418 g/mol.